The van der Waals surface area contributed by atoms with E-state index in [4.69, 9.17) is 9.47 Å². The molecule has 0 aromatic heterocycles. The Bertz CT molecular complexity index is 850. The van der Waals surface area contributed by atoms with Crippen LogP contribution in [0.25, 0.3) is 0 Å². The molecule has 0 atom stereocenters. The summed E-state index contributed by atoms with van der Waals surface area (Å²) in [5.74, 6) is 0.630. The van der Waals surface area contributed by atoms with Crippen molar-refractivity contribution in [2.45, 2.75) is 20.8 Å². The molecule has 1 amide bonds. The lowest BCUT2D eigenvalue weighted by molar-refractivity contribution is -0.123. The largest absolute Gasteiger partial charge is 0.503 e. The molecule has 0 saturated heterocycles. The summed E-state index contributed by atoms with van der Waals surface area (Å²) >= 11 is 3.23. The molecule has 0 bridgehead atoms. The number of phenolic OH excluding ortho intramolecular Hbond substituents is 1. The molecular weight excluding hydrogens is 400 g/mol. The van der Waals surface area contributed by atoms with Gasteiger partial charge in [-0.15, -0.1) is 0 Å². The van der Waals surface area contributed by atoms with Gasteiger partial charge in [-0.25, -0.2) is 5.43 Å². The first-order valence-electron chi connectivity index (χ1n) is 7.91. The van der Waals surface area contributed by atoms with Crippen LogP contribution in [0.3, 0.4) is 0 Å². The fourth-order valence-corrected chi connectivity index (χ4v) is 2.79. The Hall–Kier alpha value is -2.54. The van der Waals surface area contributed by atoms with E-state index in [1.807, 2.05) is 26.8 Å². The number of carbonyl (C=O) groups excluding carboxylic acids is 1. The van der Waals surface area contributed by atoms with Gasteiger partial charge in [-0.05, 0) is 77.2 Å². The van der Waals surface area contributed by atoms with Crippen LogP contribution in [-0.2, 0) is 4.79 Å². The highest BCUT2D eigenvalue weighted by Gasteiger charge is 2.08. The molecule has 0 aliphatic rings. The molecule has 2 aromatic carbocycles. The highest BCUT2D eigenvalue weighted by molar-refractivity contribution is 9.10. The van der Waals surface area contributed by atoms with Gasteiger partial charge in [-0.2, -0.15) is 5.10 Å². The number of nitrogens with one attached hydrogen (secondary N) is 1. The second-order valence-corrected chi connectivity index (χ2v) is 6.69. The van der Waals surface area contributed by atoms with Crippen LogP contribution in [0.15, 0.2) is 33.8 Å². The van der Waals surface area contributed by atoms with Gasteiger partial charge in [0.25, 0.3) is 5.91 Å². The summed E-state index contributed by atoms with van der Waals surface area (Å²) in [5.41, 5.74) is 6.26. The van der Waals surface area contributed by atoms with Gasteiger partial charge >= 0.3 is 0 Å². The molecule has 0 heterocycles. The topological polar surface area (TPSA) is 80.2 Å². The number of benzene rings is 2. The number of rotatable bonds is 6. The molecular formula is C19H21BrN2O4. The summed E-state index contributed by atoms with van der Waals surface area (Å²) in [5, 5.41) is 13.7. The third-order valence-electron chi connectivity index (χ3n) is 3.80. The lowest BCUT2D eigenvalue weighted by atomic mass is 10.1. The highest BCUT2D eigenvalue weighted by atomic mass is 79.9. The number of aromatic hydroxyl groups is 1. The zero-order valence-corrected chi connectivity index (χ0v) is 16.7. The van der Waals surface area contributed by atoms with Gasteiger partial charge in [0.1, 0.15) is 5.75 Å². The zero-order chi connectivity index (χ0) is 19.3. The van der Waals surface area contributed by atoms with Crippen LogP contribution in [-0.4, -0.2) is 30.9 Å². The quantitative estimate of drug-likeness (QED) is 0.552. The van der Waals surface area contributed by atoms with Gasteiger partial charge in [0.2, 0.25) is 0 Å². The summed E-state index contributed by atoms with van der Waals surface area (Å²) in [6, 6.07) is 7.23. The maximum Gasteiger partial charge on any atom is 0.277 e. The van der Waals surface area contributed by atoms with Crippen LogP contribution in [0, 0.1) is 20.8 Å². The Labute approximate surface area is 161 Å². The van der Waals surface area contributed by atoms with Crippen molar-refractivity contribution in [1.29, 1.82) is 0 Å². The molecule has 138 valence electrons. The minimum Gasteiger partial charge on any atom is -0.503 e. The number of carbonyl (C=O) groups is 1. The van der Waals surface area contributed by atoms with Crippen molar-refractivity contribution in [3.63, 3.8) is 0 Å². The van der Waals surface area contributed by atoms with E-state index in [1.165, 1.54) is 13.3 Å². The molecule has 0 fully saturated rings. The molecule has 0 unspecified atom stereocenters. The van der Waals surface area contributed by atoms with Crippen molar-refractivity contribution in [1.82, 2.24) is 5.43 Å². The number of hydrazone groups is 1. The predicted molar refractivity (Wildman–Crippen MR) is 104 cm³/mol. The van der Waals surface area contributed by atoms with E-state index in [2.05, 4.69) is 32.5 Å². The van der Waals surface area contributed by atoms with Crippen molar-refractivity contribution in [2.24, 2.45) is 5.10 Å². The van der Waals surface area contributed by atoms with E-state index < -0.39 is 0 Å². The summed E-state index contributed by atoms with van der Waals surface area (Å²) < 4.78 is 11.1. The lowest BCUT2D eigenvalue weighted by Crippen LogP contribution is -2.24. The van der Waals surface area contributed by atoms with Crippen LogP contribution in [0.4, 0.5) is 0 Å². The van der Waals surface area contributed by atoms with Crippen molar-refractivity contribution in [3.8, 4) is 17.2 Å². The Kier molecular flexibility index (Phi) is 6.63. The number of amides is 1. The molecule has 2 N–H and O–H groups in total. The second kappa shape index (κ2) is 8.71. The zero-order valence-electron chi connectivity index (χ0n) is 15.1. The monoisotopic (exact) mass is 420 g/mol. The molecule has 0 aliphatic heterocycles. The molecule has 0 aliphatic carbocycles. The Balaban J connectivity index is 1.95. The number of hydrogen-bond donors (Lipinski definition) is 2. The molecule has 26 heavy (non-hydrogen) atoms. The minimum atomic E-state index is -0.371. The van der Waals surface area contributed by atoms with Gasteiger partial charge in [0, 0.05) is 0 Å². The van der Waals surface area contributed by atoms with Gasteiger partial charge in [0.05, 0.1) is 17.8 Å². The normalized spacial score (nSPS) is 10.8. The summed E-state index contributed by atoms with van der Waals surface area (Å²) in [7, 11) is 1.45. The van der Waals surface area contributed by atoms with Crippen LogP contribution < -0.4 is 14.9 Å². The molecule has 0 radical (unpaired) electrons. The third kappa shape index (κ3) is 4.98. The predicted octanol–water partition coefficient (Wildman–Crippen LogP) is 3.62. The highest BCUT2D eigenvalue weighted by Crippen LogP contribution is 2.34. The number of halogens is 1. The number of nitrogens with zero attached hydrogens (tertiary/aromatic N) is 1. The van der Waals surface area contributed by atoms with E-state index in [0.717, 1.165) is 16.7 Å². The number of hydrogen-bond acceptors (Lipinski definition) is 5. The molecule has 0 saturated carbocycles. The van der Waals surface area contributed by atoms with Crippen molar-refractivity contribution < 1.29 is 19.4 Å². The van der Waals surface area contributed by atoms with Crippen LogP contribution in [0.5, 0.6) is 17.2 Å². The second-order valence-electron chi connectivity index (χ2n) is 5.84. The number of methoxy groups -OCH3 is 1. The molecule has 2 rings (SSSR count). The molecule has 7 heteroatoms. The fraction of sp³-hybridized carbons (Fsp3) is 0.263. The van der Waals surface area contributed by atoms with Gasteiger partial charge in [-0.3, -0.25) is 4.79 Å². The van der Waals surface area contributed by atoms with Gasteiger partial charge < -0.3 is 14.6 Å². The third-order valence-corrected chi connectivity index (χ3v) is 4.40. The molecule has 2 aromatic rings. The number of phenols is 1. The van der Waals surface area contributed by atoms with Crippen molar-refractivity contribution in [2.75, 3.05) is 13.7 Å². The maximum absolute atomic E-state index is 11.9. The van der Waals surface area contributed by atoms with Crippen molar-refractivity contribution >= 4 is 28.1 Å². The van der Waals surface area contributed by atoms with Gasteiger partial charge in [0.15, 0.2) is 18.1 Å². The summed E-state index contributed by atoms with van der Waals surface area (Å²) in [6.45, 7) is 5.80. The first kappa shape index (κ1) is 19.8. The van der Waals surface area contributed by atoms with Crippen LogP contribution in [0.2, 0.25) is 0 Å². The van der Waals surface area contributed by atoms with Crippen LogP contribution >= 0.6 is 15.9 Å². The summed E-state index contributed by atoms with van der Waals surface area (Å²) in [6.07, 6.45) is 1.45. The Morgan fingerprint density at radius 2 is 1.96 bits per heavy atom. The van der Waals surface area contributed by atoms with E-state index in [9.17, 15) is 9.90 Å². The van der Waals surface area contributed by atoms with E-state index in [0.29, 0.717) is 21.5 Å². The van der Waals surface area contributed by atoms with E-state index in [-0.39, 0.29) is 18.3 Å². The Morgan fingerprint density at radius 3 is 2.65 bits per heavy atom. The average Bonchev–Trinajstić information content (AvgIpc) is 2.59. The standard InChI is InChI=1S/C19H21BrN2O4/c1-11-5-12(2)13(3)16(6-11)26-10-18(23)22-21-9-14-7-15(20)19(24)17(8-14)25-4/h5-9,24H,10H2,1-4H3,(H,22,23)/b21-9+. The first-order valence-corrected chi connectivity index (χ1v) is 8.70. The average molecular weight is 421 g/mol. The smallest absolute Gasteiger partial charge is 0.277 e. The van der Waals surface area contributed by atoms with Gasteiger partial charge in [-0.1, -0.05) is 6.07 Å². The van der Waals surface area contributed by atoms with E-state index >= 15 is 0 Å². The number of ether oxygens (including phenoxy) is 2. The van der Waals surface area contributed by atoms with E-state index in [1.54, 1.807) is 12.1 Å². The molecule has 0 spiro atoms. The SMILES string of the molecule is COc1cc(/C=N/NC(=O)COc2cc(C)cc(C)c2C)cc(Br)c1O. The number of aryl methyl sites for hydroxylation is 2. The Morgan fingerprint density at radius 1 is 1.23 bits per heavy atom. The fourth-order valence-electron chi connectivity index (χ4n) is 2.33. The maximum atomic E-state index is 11.9. The first-order chi connectivity index (χ1) is 12.3. The van der Waals surface area contributed by atoms with Crippen molar-refractivity contribution in [3.05, 3.63) is 51.0 Å². The summed E-state index contributed by atoms with van der Waals surface area (Å²) in [4.78, 5) is 11.9. The minimum absolute atomic E-state index is 0.00547. The molecule has 6 nitrogen and oxygen atoms in total. The van der Waals surface area contributed by atoms with Crippen LogP contribution in [0.1, 0.15) is 22.3 Å². The lowest BCUT2D eigenvalue weighted by Gasteiger charge is -2.11.